The summed E-state index contributed by atoms with van der Waals surface area (Å²) in [5.41, 5.74) is 1.63. The number of aliphatic imine (C=N–C) groups is 1. The Morgan fingerprint density at radius 1 is 0.967 bits per heavy atom. The number of unbranched alkanes of at least 4 members (excludes halogenated alkanes) is 1. The zero-order valence-corrected chi connectivity index (χ0v) is 17.2. The van der Waals surface area contributed by atoms with E-state index in [2.05, 4.69) is 15.6 Å². The van der Waals surface area contributed by atoms with Gasteiger partial charge in [-0.25, -0.2) is 4.39 Å². The molecule has 2 aromatic rings. The van der Waals surface area contributed by atoms with Crippen molar-refractivity contribution in [3.8, 4) is 0 Å². The van der Waals surface area contributed by atoms with Crippen molar-refractivity contribution in [3.05, 3.63) is 71.0 Å². The van der Waals surface area contributed by atoms with E-state index < -0.39 is 0 Å². The molecule has 3 rings (SSSR count). The van der Waals surface area contributed by atoms with Crippen molar-refractivity contribution in [1.82, 2.24) is 15.5 Å². The number of fused-ring (bicyclic) bond motifs is 1. The monoisotopic (exact) mass is 410 g/mol. The van der Waals surface area contributed by atoms with Crippen LogP contribution >= 0.6 is 0 Å². The average Bonchev–Trinajstić information content (AvgIpc) is 3.00. The van der Waals surface area contributed by atoms with Gasteiger partial charge in [0.2, 0.25) is 0 Å². The molecular weight excluding hydrogens is 383 g/mol. The van der Waals surface area contributed by atoms with Gasteiger partial charge in [-0.05, 0) is 49.9 Å². The number of rotatable bonds is 9. The first kappa shape index (κ1) is 21.5. The van der Waals surface area contributed by atoms with Crippen molar-refractivity contribution in [2.45, 2.75) is 26.2 Å². The fourth-order valence-corrected chi connectivity index (χ4v) is 3.37. The number of benzene rings is 2. The normalized spacial score (nSPS) is 13.5. The van der Waals surface area contributed by atoms with E-state index in [1.807, 2.05) is 13.0 Å². The minimum absolute atomic E-state index is 0.200. The van der Waals surface area contributed by atoms with Crippen LogP contribution in [0.2, 0.25) is 0 Å². The Labute approximate surface area is 176 Å². The molecule has 1 heterocycles. The van der Waals surface area contributed by atoms with Crippen molar-refractivity contribution in [3.63, 3.8) is 0 Å². The minimum Gasteiger partial charge on any atom is -0.357 e. The summed E-state index contributed by atoms with van der Waals surface area (Å²) >= 11 is 0. The summed E-state index contributed by atoms with van der Waals surface area (Å²) in [5, 5.41) is 6.38. The van der Waals surface area contributed by atoms with Gasteiger partial charge in [0.05, 0.1) is 11.1 Å². The van der Waals surface area contributed by atoms with E-state index in [-0.39, 0.29) is 17.6 Å². The molecule has 0 saturated heterocycles. The van der Waals surface area contributed by atoms with Gasteiger partial charge in [-0.3, -0.25) is 19.5 Å². The largest absolute Gasteiger partial charge is 0.357 e. The standard InChI is InChI=1S/C23H27FN4O2/c1-2-25-23(27-15-13-17-9-3-6-12-20(17)24)26-14-7-8-16-28-21(29)18-10-4-5-11-19(18)22(28)30/h3-6,9-12H,2,7-8,13-16H2,1H3,(H2,25,26,27). The number of imide groups is 1. The number of carbonyl (C=O) groups is 2. The molecule has 0 fully saturated rings. The van der Waals surface area contributed by atoms with Gasteiger partial charge in [-0.2, -0.15) is 0 Å². The summed E-state index contributed by atoms with van der Waals surface area (Å²) in [6, 6.07) is 13.7. The van der Waals surface area contributed by atoms with Crippen molar-refractivity contribution in [2.75, 3.05) is 26.2 Å². The van der Waals surface area contributed by atoms with Gasteiger partial charge in [0, 0.05) is 26.2 Å². The van der Waals surface area contributed by atoms with Crippen LogP contribution in [-0.4, -0.2) is 48.9 Å². The molecule has 0 spiro atoms. The Morgan fingerprint density at radius 2 is 1.63 bits per heavy atom. The first-order valence-corrected chi connectivity index (χ1v) is 10.3. The Kier molecular flexibility index (Phi) is 7.54. The molecular formula is C23H27FN4O2. The quantitative estimate of drug-likeness (QED) is 0.289. The molecule has 0 aromatic heterocycles. The van der Waals surface area contributed by atoms with Gasteiger partial charge in [0.1, 0.15) is 5.82 Å². The SMILES string of the molecule is CCNC(=NCCCCN1C(=O)c2ccccc2C1=O)NCCc1ccccc1F. The maximum Gasteiger partial charge on any atom is 0.261 e. The highest BCUT2D eigenvalue weighted by molar-refractivity contribution is 6.21. The zero-order chi connectivity index (χ0) is 21.3. The van der Waals surface area contributed by atoms with Gasteiger partial charge in [0.15, 0.2) is 5.96 Å². The van der Waals surface area contributed by atoms with E-state index in [0.29, 0.717) is 55.1 Å². The predicted octanol–water partition coefficient (Wildman–Crippen LogP) is 3.00. The van der Waals surface area contributed by atoms with E-state index in [4.69, 9.17) is 0 Å². The van der Waals surface area contributed by atoms with E-state index in [9.17, 15) is 14.0 Å². The molecule has 30 heavy (non-hydrogen) atoms. The van der Waals surface area contributed by atoms with Crippen molar-refractivity contribution in [1.29, 1.82) is 0 Å². The van der Waals surface area contributed by atoms with E-state index >= 15 is 0 Å². The third-order valence-corrected chi connectivity index (χ3v) is 4.93. The summed E-state index contributed by atoms with van der Waals surface area (Å²) in [7, 11) is 0. The number of halogens is 1. The average molecular weight is 410 g/mol. The highest BCUT2D eigenvalue weighted by Crippen LogP contribution is 2.22. The lowest BCUT2D eigenvalue weighted by molar-refractivity contribution is 0.0652. The third kappa shape index (κ3) is 5.23. The molecule has 0 saturated carbocycles. The first-order chi connectivity index (χ1) is 14.6. The fraction of sp³-hybridized carbons (Fsp3) is 0.348. The number of guanidine groups is 1. The molecule has 158 valence electrons. The fourth-order valence-electron chi connectivity index (χ4n) is 3.37. The summed E-state index contributed by atoms with van der Waals surface area (Å²) < 4.78 is 13.7. The molecule has 2 N–H and O–H groups in total. The summed E-state index contributed by atoms with van der Waals surface area (Å²) in [6.45, 7) is 4.23. The van der Waals surface area contributed by atoms with Crippen LogP contribution in [0.15, 0.2) is 53.5 Å². The predicted molar refractivity (Wildman–Crippen MR) is 115 cm³/mol. The van der Waals surface area contributed by atoms with Gasteiger partial charge >= 0.3 is 0 Å². The molecule has 1 aliphatic rings. The second-order valence-electron chi connectivity index (χ2n) is 7.04. The van der Waals surface area contributed by atoms with E-state index in [1.165, 1.54) is 11.0 Å². The van der Waals surface area contributed by atoms with Gasteiger partial charge < -0.3 is 10.6 Å². The van der Waals surface area contributed by atoms with Crippen LogP contribution in [0.3, 0.4) is 0 Å². The zero-order valence-electron chi connectivity index (χ0n) is 17.2. The highest BCUT2D eigenvalue weighted by atomic mass is 19.1. The Bertz CT molecular complexity index is 894. The van der Waals surface area contributed by atoms with Gasteiger partial charge in [-0.1, -0.05) is 30.3 Å². The van der Waals surface area contributed by atoms with Crippen LogP contribution in [0.1, 0.15) is 46.0 Å². The van der Waals surface area contributed by atoms with Crippen LogP contribution in [0.4, 0.5) is 4.39 Å². The van der Waals surface area contributed by atoms with Gasteiger partial charge in [0.25, 0.3) is 11.8 Å². The number of nitrogens with one attached hydrogen (secondary N) is 2. The van der Waals surface area contributed by atoms with E-state index in [1.54, 1.807) is 36.4 Å². The number of carbonyl (C=O) groups excluding carboxylic acids is 2. The number of hydrogen-bond donors (Lipinski definition) is 2. The molecule has 0 unspecified atom stereocenters. The van der Waals surface area contributed by atoms with Crippen LogP contribution < -0.4 is 10.6 Å². The first-order valence-electron chi connectivity index (χ1n) is 10.3. The minimum atomic E-state index is -0.220. The maximum absolute atomic E-state index is 13.7. The van der Waals surface area contributed by atoms with Crippen LogP contribution in [0, 0.1) is 5.82 Å². The number of amides is 2. The molecule has 6 nitrogen and oxygen atoms in total. The van der Waals surface area contributed by atoms with E-state index in [0.717, 1.165) is 13.0 Å². The topological polar surface area (TPSA) is 73.8 Å². The molecule has 2 amide bonds. The molecule has 1 aliphatic heterocycles. The summed E-state index contributed by atoms with van der Waals surface area (Å²) in [6.07, 6.45) is 2.00. The molecule has 2 aromatic carbocycles. The second kappa shape index (κ2) is 10.5. The number of hydrogen-bond acceptors (Lipinski definition) is 3. The van der Waals surface area contributed by atoms with Crippen LogP contribution in [0.5, 0.6) is 0 Å². The van der Waals surface area contributed by atoms with Crippen molar-refractivity contribution < 1.29 is 14.0 Å². The Balaban J connectivity index is 1.42. The van der Waals surface area contributed by atoms with Crippen LogP contribution in [-0.2, 0) is 6.42 Å². The lowest BCUT2D eigenvalue weighted by Crippen LogP contribution is -2.38. The lowest BCUT2D eigenvalue weighted by Gasteiger charge is -2.14. The smallest absolute Gasteiger partial charge is 0.261 e. The molecule has 0 aliphatic carbocycles. The molecule has 0 bridgehead atoms. The lowest BCUT2D eigenvalue weighted by atomic mass is 10.1. The third-order valence-electron chi connectivity index (χ3n) is 4.93. The Morgan fingerprint density at radius 3 is 2.30 bits per heavy atom. The van der Waals surface area contributed by atoms with Gasteiger partial charge in [-0.15, -0.1) is 0 Å². The molecule has 0 radical (unpaired) electrons. The molecule has 7 heteroatoms. The highest BCUT2D eigenvalue weighted by Gasteiger charge is 2.34. The van der Waals surface area contributed by atoms with Crippen LogP contribution in [0.25, 0.3) is 0 Å². The van der Waals surface area contributed by atoms with Crippen molar-refractivity contribution >= 4 is 17.8 Å². The summed E-state index contributed by atoms with van der Waals surface area (Å²) in [4.78, 5) is 30.5. The summed E-state index contributed by atoms with van der Waals surface area (Å²) in [5.74, 6) is 0.0356. The second-order valence-corrected chi connectivity index (χ2v) is 7.04. The number of nitrogens with zero attached hydrogens (tertiary/aromatic N) is 2. The van der Waals surface area contributed by atoms with Crippen molar-refractivity contribution in [2.24, 2.45) is 4.99 Å². The maximum atomic E-state index is 13.7. The molecule has 0 atom stereocenters. The Hall–Kier alpha value is -3.22.